The first-order valence-electron chi connectivity index (χ1n) is 12.2. The second-order valence-corrected chi connectivity index (χ2v) is 9.22. The third kappa shape index (κ3) is 2.79. The maximum absolute atomic E-state index is 14.0. The molecule has 0 saturated carbocycles. The van der Waals surface area contributed by atoms with E-state index in [1.165, 1.54) is 0 Å². The molecule has 5 aromatic carbocycles. The summed E-state index contributed by atoms with van der Waals surface area (Å²) in [5.41, 5.74) is 8.27. The van der Waals surface area contributed by atoms with Crippen molar-refractivity contribution in [2.24, 2.45) is 0 Å². The van der Waals surface area contributed by atoms with E-state index >= 15 is 0 Å². The minimum atomic E-state index is -0.154. The Morgan fingerprint density at radius 1 is 0.649 bits per heavy atom. The normalized spacial score (nSPS) is 11.9. The van der Waals surface area contributed by atoms with Crippen molar-refractivity contribution in [1.29, 1.82) is 0 Å². The molecule has 0 aliphatic rings. The van der Waals surface area contributed by atoms with Crippen LogP contribution in [0.1, 0.15) is 0 Å². The van der Waals surface area contributed by atoms with Crippen LogP contribution in [0, 0.1) is 0 Å². The smallest absolute Gasteiger partial charge is 0.299 e. The Hall–Kier alpha value is -5.16. The lowest BCUT2D eigenvalue weighted by molar-refractivity contribution is 0.669. The fourth-order valence-electron chi connectivity index (χ4n) is 5.53. The number of furan rings is 1. The van der Waals surface area contributed by atoms with Crippen molar-refractivity contribution in [2.75, 3.05) is 0 Å². The Kier molecular flexibility index (Phi) is 4.03. The molecular formula is C32H19N3O2. The van der Waals surface area contributed by atoms with Crippen molar-refractivity contribution in [2.45, 2.75) is 0 Å². The zero-order chi connectivity index (χ0) is 24.5. The van der Waals surface area contributed by atoms with Crippen LogP contribution < -0.4 is 5.56 Å². The van der Waals surface area contributed by atoms with E-state index in [2.05, 4.69) is 30.3 Å². The summed E-state index contributed by atoms with van der Waals surface area (Å²) in [7, 11) is 0. The van der Waals surface area contributed by atoms with Gasteiger partial charge in [0.15, 0.2) is 0 Å². The van der Waals surface area contributed by atoms with Gasteiger partial charge in [-0.2, -0.15) is 0 Å². The van der Waals surface area contributed by atoms with Gasteiger partial charge in [-0.15, -0.1) is 0 Å². The summed E-state index contributed by atoms with van der Waals surface area (Å²) in [5, 5.41) is 2.14. The minimum Gasteiger partial charge on any atom is -0.456 e. The van der Waals surface area contributed by atoms with Crippen LogP contribution in [0.15, 0.2) is 124 Å². The van der Waals surface area contributed by atoms with E-state index in [0.29, 0.717) is 5.65 Å². The van der Waals surface area contributed by atoms with E-state index in [1.807, 2.05) is 89.3 Å². The summed E-state index contributed by atoms with van der Waals surface area (Å²) in [6.07, 6.45) is 0. The number of nitrogens with zero attached hydrogens (tertiary/aromatic N) is 3. The lowest BCUT2D eigenvalue weighted by Crippen LogP contribution is -2.21. The van der Waals surface area contributed by atoms with Crippen molar-refractivity contribution < 1.29 is 4.42 Å². The Balaban J connectivity index is 1.53. The SMILES string of the molecule is O=c1c2nc3ccccc3n2c2ccc(-c3cccc4oc5ccccc5c34)cc2n1-c1ccccc1. The molecule has 0 N–H and O–H groups in total. The molecule has 0 amide bonds. The summed E-state index contributed by atoms with van der Waals surface area (Å²) < 4.78 is 9.89. The van der Waals surface area contributed by atoms with Crippen LogP contribution in [0.5, 0.6) is 0 Å². The first-order chi connectivity index (χ1) is 18.3. The molecule has 0 aliphatic heterocycles. The molecule has 3 aromatic heterocycles. The highest BCUT2D eigenvalue weighted by molar-refractivity contribution is 6.12. The number of rotatable bonds is 2. The molecule has 0 spiro atoms. The molecular weight excluding hydrogens is 458 g/mol. The predicted molar refractivity (Wildman–Crippen MR) is 149 cm³/mol. The van der Waals surface area contributed by atoms with E-state index in [4.69, 9.17) is 9.40 Å². The Morgan fingerprint density at radius 2 is 1.43 bits per heavy atom. The topological polar surface area (TPSA) is 52.4 Å². The summed E-state index contributed by atoms with van der Waals surface area (Å²) in [4.78, 5) is 18.7. The minimum absolute atomic E-state index is 0.154. The highest BCUT2D eigenvalue weighted by Crippen LogP contribution is 2.37. The van der Waals surface area contributed by atoms with E-state index in [1.54, 1.807) is 4.57 Å². The number of para-hydroxylation sites is 4. The van der Waals surface area contributed by atoms with Gasteiger partial charge in [-0.3, -0.25) is 13.8 Å². The van der Waals surface area contributed by atoms with E-state index in [-0.39, 0.29) is 5.56 Å². The monoisotopic (exact) mass is 477 g/mol. The second kappa shape index (κ2) is 7.42. The number of hydrogen-bond acceptors (Lipinski definition) is 3. The largest absolute Gasteiger partial charge is 0.456 e. The molecule has 0 atom stereocenters. The molecule has 37 heavy (non-hydrogen) atoms. The third-order valence-corrected chi connectivity index (χ3v) is 7.14. The maximum Gasteiger partial charge on any atom is 0.299 e. The standard InChI is InChI=1S/C32H19N3O2/c36-32-31-33-24-13-5-6-14-25(24)35(31)26-18-17-20(19-27(26)34(32)21-9-2-1-3-10-21)22-12-8-16-29-30(22)23-11-4-7-15-28(23)37-29/h1-19H. The predicted octanol–water partition coefficient (Wildman–Crippen LogP) is 7.36. The number of benzene rings is 5. The summed E-state index contributed by atoms with van der Waals surface area (Å²) in [6.45, 7) is 0. The third-order valence-electron chi connectivity index (χ3n) is 7.14. The van der Waals surface area contributed by atoms with E-state index < -0.39 is 0 Å². The summed E-state index contributed by atoms with van der Waals surface area (Å²) in [5.74, 6) is 0. The van der Waals surface area contributed by atoms with Gasteiger partial charge in [0.1, 0.15) is 11.2 Å². The zero-order valence-corrected chi connectivity index (χ0v) is 19.6. The fourth-order valence-corrected chi connectivity index (χ4v) is 5.53. The molecule has 174 valence electrons. The number of imidazole rings is 1. The number of fused-ring (bicyclic) bond motifs is 8. The zero-order valence-electron chi connectivity index (χ0n) is 19.6. The number of aromatic nitrogens is 3. The summed E-state index contributed by atoms with van der Waals surface area (Å²) in [6, 6.07) is 38.2. The highest BCUT2D eigenvalue weighted by Gasteiger charge is 2.18. The van der Waals surface area contributed by atoms with Crippen molar-refractivity contribution in [1.82, 2.24) is 14.0 Å². The highest BCUT2D eigenvalue weighted by atomic mass is 16.3. The molecule has 3 heterocycles. The Bertz CT molecular complexity index is 2220. The van der Waals surface area contributed by atoms with Crippen LogP contribution in [-0.4, -0.2) is 14.0 Å². The van der Waals surface area contributed by atoms with Crippen LogP contribution in [0.3, 0.4) is 0 Å². The molecule has 0 unspecified atom stereocenters. The van der Waals surface area contributed by atoms with Crippen LogP contribution in [0.4, 0.5) is 0 Å². The van der Waals surface area contributed by atoms with Crippen LogP contribution >= 0.6 is 0 Å². The molecule has 8 rings (SSSR count). The second-order valence-electron chi connectivity index (χ2n) is 9.22. The molecule has 0 bridgehead atoms. The van der Waals surface area contributed by atoms with Gasteiger partial charge >= 0.3 is 0 Å². The molecule has 5 heteroatoms. The molecule has 0 fully saturated rings. The van der Waals surface area contributed by atoms with Crippen molar-refractivity contribution >= 4 is 49.7 Å². The van der Waals surface area contributed by atoms with Gasteiger partial charge in [0.05, 0.1) is 22.1 Å². The quantitative estimate of drug-likeness (QED) is 0.261. The molecule has 8 aromatic rings. The maximum atomic E-state index is 14.0. The first kappa shape index (κ1) is 20.1. The van der Waals surface area contributed by atoms with Crippen LogP contribution in [-0.2, 0) is 0 Å². The molecule has 0 radical (unpaired) electrons. The van der Waals surface area contributed by atoms with Gasteiger partial charge < -0.3 is 4.42 Å². The molecule has 0 aliphatic carbocycles. The lowest BCUT2D eigenvalue weighted by atomic mass is 9.99. The van der Waals surface area contributed by atoms with Gasteiger partial charge in [-0.05, 0) is 59.7 Å². The number of hydrogen-bond donors (Lipinski definition) is 0. The van der Waals surface area contributed by atoms with Gasteiger partial charge in [-0.1, -0.05) is 66.7 Å². The van der Waals surface area contributed by atoms with Gasteiger partial charge in [0.2, 0.25) is 5.65 Å². The van der Waals surface area contributed by atoms with Gasteiger partial charge in [-0.25, -0.2) is 4.98 Å². The Morgan fingerprint density at radius 3 is 2.35 bits per heavy atom. The average molecular weight is 478 g/mol. The molecule has 5 nitrogen and oxygen atoms in total. The van der Waals surface area contributed by atoms with Crippen molar-refractivity contribution in [3.05, 3.63) is 126 Å². The van der Waals surface area contributed by atoms with Crippen LogP contribution in [0.2, 0.25) is 0 Å². The Labute approximate surface area is 210 Å². The lowest BCUT2D eigenvalue weighted by Gasteiger charge is -2.14. The van der Waals surface area contributed by atoms with Gasteiger partial charge in [0, 0.05) is 16.5 Å². The fraction of sp³-hybridized carbons (Fsp3) is 0. The van der Waals surface area contributed by atoms with Crippen LogP contribution in [0.25, 0.3) is 66.5 Å². The van der Waals surface area contributed by atoms with Crippen molar-refractivity contribution in [3.63, 3.8) is 0 Å². The first-order valence-corrected chi connectivity index (χ1v) is 12.2. The van der Waals surface area contributed by atoms with E-state index in [9.17, 15) is 4.79 Å². The average Bonchev–Trinajstić information content (AvgIpc) is 3.53. The van der Waals surface area contributed by atoms with Crippen molar-refractivity contribution in [3.8, 4) is 16.8 Å². The molecule has 0 saturated heterocycles. The van der Waals surface area contributed by atoms with E-state index in [0.717, 1.165) is 60.8 Å². The van der Waals surface area contributed by atoms with Gasteiger partial charge in [0.25, 0.3) is 5.56 Å². The summed E-state index contributed by atoms with van der Waals surface area (Å²) >= 11 is 0.